The van der Waals surface area contributed by atoms with E-state index < -0.39 is 0 Å². The molecule has 0 aliphatic carbocycles. The van der Waals surface area contributed by atoms with Crippen LogP contribution in [-0.4, -0.2) is 68.9 Å². The lowest BCUT2D eigenvalue weighted by atomic mass is 9.79. The molecule has 1 aromatic heterocycles. The first-order chi connectivity index (χ1) is 18.1. The Morgan fingerprint density at radius 3 is 1.36 bits per heavy atom. The summed E-state index contributed by atoms with van der Waals surface area (Å²) in [7, 11) is 0. The van der Waals surface area contributed by atoms with E-state index in [0.29, 0.717) is 18.0 Å². The van der Waals surface area contributed by atoms with Gasteiger partial charge >= 0.3 is 0 Å². The minimum atomic E-state index is 0.0322. The molecule has 0 amide bonds. The molecule has 0 atom stereocenters. The van der Waals surface area contributed by atoms with Crippen molar-refractivity contribution in [3.8, 4) is 0 Å². The lowest BCUT2D eigenvalue weighted by Gasteiger charge is -2.50. The minimum absolute atomic E-state index is 0.0322. The molecule has 0 spiro atoms. The van der Waals surface area contributed by atoms with Gasteiger partial charge in [0.25, 0.3) is 0 Å². The predicted molar refractivity (Wildman–Crippen MR) is 166 cm³/mol. The summed E-state index contributed by atoms with van der Waals surface area (Å²) in [6.45, 7) is 25.1. The number of piperidine rings is 2. The molecule has 0 radical (unpaired) electrons. The molecule has 5 N–H and O–H groups in total. The monoisotopic (exact) mass is 545 g/mol. The highest BCUT2D eigenvalue weighted by Gasteiger charge is 2.42. The Labute approximate surface area is 238 Å². The lowest BCUT2D eigenvalue weighted by Crippen LogP contribution is -2.63. The van der Waals surface area contributed by atoms with E-state index in [1.807, 2.05) is 0 Å². The number of hydrogen-bond donors (Lipinski definition) is 4. The Morgan fingerprint density at radius 1 is 0.692 bits per heavy atom. The van der Waals surface area contributed by atoms with Crippen molar-refractivity contribution in [3.63, 3.8) is 0 Å². The molecule has 0 bridgehead atoms. The normalized spacial score (nSPS) is 22.4. The fraction of sp³-hybridized carbons (Fsp3) is 0.900. The molecule has 0 saturated carbocycles. The van der Waals surface area contributed by atoms with Crippen molar-refractivity contribution in [2.45, 2.75) is 155 Å². The van der Waals surface area contributed by atoms with Gasteiger partial charge in [-0.1, -0.05) is 26.7 Å². The Morgan fingerprint density at radius 2 is 1.05 bits per heavy atom. The quantitative estimate of drug-likeness (QED) is 0.269. The minimum Gasteiger partial charge on any atom is -0.342 e. The molecular weight excluding hydrogens is 486 g/mol. The number of nitrogens with two attached hydrogens (primary N) is 1. The highest BCUT2D eigenvalue weighted by molar-refractivity contribution is 5.47. The largest absolute Gasteiger partial charge is 0.342 e. The Bertz CT molecular complexity index is 827. The van der Waals surface area contributed by atoms with Gasteiger partial charge in [0.1, 0.15) is 0 Å². The smallest absolute Gasteiger partial charge is 0.232 e. The van der Waals surface area contributed by atoms with Gasteiger partial charge in [-0.25, -0.2) is 0 Å². The molecule has 224 valence electrons. The highest BCUT2D eigenvalue weighted by atomic mass is 15.4. The van der Waals surface area contributed by atoms with Crippen molar-refractivity contribution < 1.29 is 0 Å². The van der Waals surface area contributed by atoms with E-state index in [1.54, 1.807) is 0 Å². The molecule has 9 nitrogen and oxygen atoms in total. The summed E-state index contributed by atoms with van der Waals surface area (Å²) < 4.78 is 0. The third-order valence-corrected chi connectivity index (χ3v) is 8.11. The van der Waals surface area contributed by atoms with E-state index >= 15 is 0 Å². The second-order valence-electron chi connectivity index (χ2n) is 14.6. The Kier molecular flexibility index (Phi) is 10.1. The number of anilines is 3. The summed E-state index contributed by atoms with van der Waals surface area (Å²) in [6, 6.07) is 0.675. The molecule has 39 heavy (non-hydrogen) atoms. The van der Waals surface area contributed by atoms with Crippen molar-refractivity contribution in [3.05, 3.63) is 0 Å². The van der Waals surface area contributed by atoms with Crippen molar-refractivity contribution in [1.82, 2.24) is 25.6 Å². The maximum atomic E-state index is 5.95. The summed E-state index contributed by atoms with van der Waals surface area (Å²) >= 11 is 0. The number of aromatic nitrogens is 3. The van der Waals surface area contributed by atoms with Gasteiger partial charge in [0.15, 0.2) is 0 Å². The number of hydrogen-bond acceptors (Lipinski definition) is 9. The van der Waals surface area contributed by atoms with Crippen LogP contribution in [0, 0.1) is 0 Å². The van der Waals surface area contributed by atoms with Crippen LogP contribution in [0.2, 0.25) is 0 Å². The van der Waals surface area contributed by atoms with Crippen LogP contribution >= 0.6 is 0 Å². The van der Waals surface area contributed by atoms with E-state index in [4.69, 9.17) is 20.7 Å². The van der Waals surface area contributed by atoms with Crippen LogP contribution < -0.4 is 31.5 Å². The van der Waals surface area contributed by atoms with Crippen LogP contribution in [0.1, 0.15) is 121 Å². The molecule has 9 heteroatoms. The number of unbranched alkanes of at least 4 members (excludes halogenated alkanes) is 2. The molecule has 2 saturated heterocycles. The van der Waals surface area contributed by atoms with E-state index in [0.717, 1.165) is 76.4 Å². The maximum Gasteiger partial charge on any atom is 0.232 e. The van der Waals surface area contributed by atoms with Crippen LogP contribution in [0.4, 0.5) is 17.8 Å². The molecule has 1 aromatic rings. The zero-order valence-electron chi connectivity index (χ0n) is 26.7. The van der Waals surface area contributed by atoms with Crippen LogP contribution in [-0.2, 0) is 0 Å². The molecule has 2 aliphatic heterocycles. The van der Waals surface area contributed by atoms with E-state index in [9.17, 15) is 0 Å². The fourth-order valence-corrected chi connectivity index (χ4v) is 7.31. The zero-order valence-corrected chi connectivity index (χ0v) is 26.7. The van der Waals surface area contributed by atoms with E-state index in [2.05, 4.69) is 95.0 Å². The van der Waals surface area contributed by atoms with Crippen LogP contribution in [0.15, 0.2) is 0 Å². The summed E-state index contributed by atoms with van der Waals surface area (Å²) in [5, 5.41) is 10.9. The number of rotatable bonds is 12. The second kappa shape index (κ2) is 12.4. The number of nitrogens with zero attached hydrogens (tertiary/aromatic N) is 5. The Hall–Kier alpha value is -1.71. The SMILES string of the molecule is CCCCN(c1nc(NCN)nc(N(CCCC)C2CC(C)(C)NC(C)(C)C2)n1)C1CC(C)(C)NC(C)(C)C1. The van der Waals surface area contributed by atoms with Crippen LogP contribution in [0.3, 0.4) is 0 Å². The second-order valence-corrected chi connectivity index (χ2v) is 14.6. The molecule has 2 aliphatic rings. The standard InChI is InChI=1S/C30H59N9/c1-11-13-15-38(22-17-27(3,4)36-28(5,6)18-22)25-33-24(32-21-31)34-26(35-25)39(16-14-12-2)23-19-29(7,8)37-30(9,10)20-23/h22-23,36-37H,11-21,31H2,1-10H3,(H,32,33,34,35). The van der Waals surface area contributed by atoms with Gasteiger partial charge in [-0.05, 0) is 93.9 Å². The summed E-state index contributed by atoms with van der Waals surface area (Å²) in [6.07, 6.45) is 8.61. The fourth-order valence-electron chi connectivity index (χ4n) is 7.31. The van der Waals surface area contributed by atoms with E-state index in [1.165, 1.54) is 0 Å². The third-order valence-electron chi connectivity index (χ3n) is 8.11. The number of nitrogens with one attached hydrogen (secondary N) is 3. The third kappa shape index (κ3) is 8.89. The van der Waals surface area contributed by atoms with Crippen molar-refractivity contribution in [2.75, 3.05) is 34.9 Å². The summed E-state index contributed by atoms with van der Waals surface area (Å²) in [5.74, 6) is 2.12. The van der Waals surface area contributed by atoms with Gasteiger partial charge in [0.2, 0.25) is 17.8 Å². The summed E-state index contributed by atoms with van der Waals surface area (Å²) in [5.41, 5.74) is 6.07. The molecule has 3 rings (SSSR count). The Balaban J connectivity index is 2.08. The van der Waals surface area contributed by atoms with Gasteiger partial charge in [-0.3, -0.25) is 0 Å². The van der Waals surface area contributed by atoms with Gasteiger partial charge in [-0.15, -0.1) is 0 Å². The van der Waals surface area contributed by atoms with Crippen LogP contribution in [0.5, 0.6) is 0 Å². The molecule has 0 aromatic carbocycles. The van der Waals surface area contributed by atoms with Crippen molar-refractivity contribution >= 4 is 17.8 Å². The first-order valence-electron chi connectivity index (χ1n) is 15.4. The van der Waals surface area contributed by atoms with Gasteiger partial charge in [0.05, 0.1) is 6.67 Å². The first kappa shape index (κ1) is 31.8. The average Bonchev–Trinajstić information content (AvgIpc) is 2.76. The molecule has 2 fully saturated rings. The predicted octanol–water partition coefficient (Wildman–Crippen LogP) is 5.03. The molecule has 3 heterocycles. The molecule has 0 unspecified atom stereocenters. The van der Waals surface area contributed by atoms with Crippen LogP contribution in [0.25, 0.3) is 0 Å². The van der Waals surface area contributed by atoms with Gasteiger partial charge in [0, 0.05) is 47.3 Å². The summed E-state index contributed by atoms with van der Waals surface area (Å²) in [4.78, 5) is 20.1. The highest BCUT2D eigenvalue weighted by Crippen LogP contribution is 2.36. The molecular formula is C30H59N9. The van der Waals surface area contributed by atoms with Gasteiger partial charge in [-0.2, -0.15) is 15.0 Å². The van der Waals surface area contributed by atoms with Crippen molar-refractivity contribution in [2.24, 2.45) is 5.73 Å². The van der Waals surface area contributed by atoms with Gasteiger partial charge < -0.3 is 31.5 Å². The van der Waals surface area contributed by atoms with Crippen molar-refractivity contribution in [1.29, 1.82) is 0 Å². The average molecular weight is 546 g/mol. The van der Waals surface area contributed by atoms with E-state index in [-0.39, 0.29) is 28.8 Å². The topological polar surface area (TPSA) is 107 Å². The first-order valence-corrected chi connectivity index (χ1v) is 15.4. The lowest BCUT2D eigenvalue weighted by molar-refractivity contribution is 0.157. The maximum absolute atomic E-state index is 5.95. The zero-order chi connectivity index (χ0) is 29.1.